The summed E-state index contributed by atoms with van der Waals surface area (Å²) < 4.78 is 5.29. The molecule has 0 unspecified atom stereocenters. The van der Waals surface area contributed by atoms with Gasteiger partial charge in [-0.05, 0) is 19.3 Å². The lowest BCUT2D eigenvalue weighted by Gasteiger charge is -2.31. The molecule has 0 aromatic rings. The Bertz CT molecular complexity index is 805. The van der Waals surface area contributed by atoms with Gasteiger partial charge in [-0.15, -0.1) is 0 Å². The van der Waals surface area contributed by atoms with E-state index in [9.17, 15) is 39.0 Å². The second kappa shape index (κ2) is 15.8. The van der Waals surface area contributed by atoms with Gasteiger partial charge in [-0.25, -0.2) is 0 Å². The SMILES string of the molecule is CNC(=O)[C@H](C(C)=O)[C@@H](OCC(=O)N[C@H](C(=O)N[C@H](CCC(=O)O)C(N)=O)C(C)C)[C@H](O)[C@H](O)CO. The van der Waals surface area contributed by atoms with Crippen molar-refractivity contribution in [1.29, 1.82) is 0 Å². The third-order valence-electron chi connectivity index (χ3n) is 5.19. The molecule has 4 amide bonds. The topological polar surface area (TPSA) is 255 Å². The zero-order chi connectivity index (χ0) is 28.2. The standard InChI is InChI=1S/C21H36N4O11/c1-9(2)16(21(35)24-11(19(22)33)5-6-14(30)31)25-13(29)8-36-18(17(32)12(28)7-26)15(10(3)27)20(34)23-4/h9,11-12,15-18,26,28,32H,5-8H2,1-4H3,(H2,22,33)(H,23,34)(H,24,35)(H,25,29)(H,30,31)/t11-,12-,15-,16+,17-,18-/m1/s1. The van der Waals surface area contributed by atoms with E-state index >= 15 is 0 Å². The van der Waals surface area contributed by atoms with E-state index in [0.717, 1.165) is 6.92 Å². The lowest BCUT2D eigenvalue weighted by atomic mass is 9.90. The van der Waals surface area contributed by atoms with Gasteiger partial charge in [-0.1, -0.05) is 13.8 Å². The molecule has 0 heterocycles. The van der Waals surface area contributed by atoms with Gasteiger partial charge in [0.1, 0.15) is 48.7 Å². The van der Waals surface area contributed by atoms with Crippen molar-refractivity contribution >= 4 is 35.4 Å². The van der Waals surface area contributed by atoms with Gasteiger partial charge in [0.25, 0.3) is 0 Å². The predicted octanol–water partition coefficient (Wildman–Crippen LogP) is -3.99. The minimum absolute atomic E-state index is 0.267. The second-order valence-electron chi connectivity index (χ2n) is 8.40. The zero-order valence-electron chi connectivity index (χ0n) is 20.6. The van der Waals surface area contributed by atoms with E-state index in [-0.39, 0.29) is 6.42 Å². The van der Waals surface area contributed by atoms with E-state index in [1.807, 2.05) is 0 Å². The van der Waals surface area contributed by atoms with Crippen LogP contribution in [0.4, 0.5) is 0 Å². The van der Waals surface area contributed by atoms with Crippen LogP contribution in [0, 0.1) is 11.8 Å². The summed E-state index contributed by atoms with van der Waals surface area (Å²) in [6.07, 6.45) is -6.15. The third-order valence-corrected chi connectivity index (χ3v) is 5.19. The summed E-state index contributed by atoms with van der Waals surface area (Å²) in [6, 6.07) is -2.52. The number of rotatable bonds is 17. The lowest BCUT2D eigenvalue weighted by molar-refractivity contribution is -0.159. The van der Waals surface area contributed by atoms with Crippen LogP contribution >= 0.6 is 0 Å². The van der Waals surface area contributed by atoms with Crippen molar-refractivity contribution in [2.75, 3.05) is 20.3 Å². The maximum Gasteiger partial charge on any atom is 0.303 e. The molecule has 36 heavy (non-hydrogen) atoms. The minimum atomic E-state index is -1.93. The number of carbonyl (C=O) groups excluding carboxylic acids is 5. The van der Waals surface area contributed by atoms with Crippen molar-refractivity contribution in [3.8, 4) is 0 Å². The number of carbonyl (C=O) groups is 6. The monoisotopic (exact) mass is 520 g/mol. The Labute approximate surface area is 207 Å². The molecule has 15 nitrogen and oxygen atoms in total. The molecule has 0 aliphatic heterocycles. The van der Waals surface area contributed by atoms with Crippen LogP contribution in [0.15, 0.2) is 0 Å². The summed E-state index contributed by atoms with van der Waals surface area (Å²) in [7, 11) is 1.22. The van der Waals surface area contributed by atoms with Gasteiger partial charge in [0.2, 0.25) is 23.6 Å². The number of ether oxygens (including phenoxy) is 1. The number of ketones is 1. The summed E-state index contributed by atoms with van der Waals surface area (Å²) in [5, 5.41) is 44.9. The number of carboxylic acid groups (broad SMARTS) is 1. The number of aliphatic hydroxyl groups is 3. The van der Waals surface area contributed by atoms with Crippen LogP contribution in [0.25, 0.3) is 0 Å². The number of Topliss-reactive ketones (excluding diaryl/α,β-unsaturated/α-hetero) is 1. The molecule has 206 valence electrons. The Hall–Kier alpha value is -3.14. The van der Waals surface area contributed by atoms with E-state index in [2.05, 4.69) is 16.0 Å². The molecule has 0 spiro atoms. The average Bonchev–Trinajstić information content (AvgIpc) is 2.80. The largest absolute Gasteiger partial charge is 0.481 e. The molecule has 15 heteroatoms. The van der Waals surface area contributed by atoms with Crippen molar-refractivity contribution in [3.05, 3.63) is 0 Å². The molecule has 0 fully saturated rings. The van der Waals surface area contributed by atoms with Crippen molar-refractivity contribution < 1.29 is 53.9 Å². The van der Waals surface area contributed by atoms with Crippen molar-refractivity contribution in [1.82, 2.24) is 16.0 Å². The quantitative estimate of drug-likeness (QED) is 0.0858. The first-order chi connectivity index (χ1) is 16.7. The highest BCUT2D eigenvalue weighted by atomic mass is 16.5. The smallest absolute Gasteiger partial charge is 0.303 e. The zero-order valence-corrected chi connectivity index (χ0v) is 20.6. The van der Waals surface area contributed by atoms with Crippen LogP contribution in [0.5, 0.6) is 0 Å². The summed E-state index contributed by atoms with van der Waals surface area (Å²) in [6.45, 7) is 2.39. The second-order valence-corrected chi connectivity index (χ2v) is 8.40. The molecule has 0 aromatic heterocycles. The van der Waals surface area contributed by atoms with Gasteiger partial charge in [-0.3, -0.25) is 28.8 Å². The Morgan fingerprint density at radius 1 is 1.00 bits per heavy atom. The Balaban J connectivity index is 5.54. The van der Waals surface area contributed by atoms with Crippen LogP contribution in [0.2, 0.25) is 0 Å². The minimum Gasteiger partial charge on any atom is -0.481 e. The fraction of sp³-hybridized carbons (Fsp3) is 0.714. The number of hydrogen-bond acceptors (Lipinski definition) is 10. The van der Waals surface area contributed by atoms with Gasteiger partial charge in [0, 0.05) is 13.5 Å². The van der Waals surface area contributed by atoms with E-state index < -0.39 is 97.2 Å². The maximum atomic E-state index is 12.7. The number of aliphatic carboxylic acids is 1. The van der Waals surface area contributed by atoms with Gasteiger partial charge < -0.3 is 46.8 Å². The lowest BCUT2D eigenvalue weighted by Crippen LogP contribution is -2.56. The summed E-state index contributed by atoms with van der Waals surface area (Å²) in [4.78, 5) is 71.7. The first kappa shape index (κ1) is 32.9. The van der Waals surface area contributed by atoms with Crippen molar-refractivity contribution in [2.45, 2.75) is 64.0 Å². The fourth-order valence-corrected chi connectivity index (χ4v) is 3.18. The van der Waals surface area contributed by atoms with E-state index in [4.69, 9.17) is 20.7 Å². The Morgan fingerprint density at radius 2 is 1.58 bits per heavy atom. The molecule has 6 atom stereocenters. The van der Waals surface area contributed by atoms with E-state index in [0.29, 0.717) is 0 Å². The molecular formula is C21H36N4O11. The number of nitrogens with one attached hydrogen (secondary N) is 3. The third kappa shape index (κ3) is 10.6. The Kier molecular flexibility index (Phi) is 14.4. The molecule has 9 N–H and O–H groups in total. The van der Waals surface area contributed by atoms with E-state index in [1.165, 1.54) is 7.05 Å². The first-order valence-corrected chi connectivity index (χ1v) is 11.1. The fourth-order valence-electron chi connectivity index (χ4n) is 3.18. The number of carboxylic acids is 1. The van der Waals surface area contributed by atoms with E-state index in [1.54, 1.807) is 13.8 Å². The molecule has 0 aliphatic carbocycles. The maximum absolute atomic E-state index is 12.7. The summed E-state index contributed by atoms with van der Waals surface area (Å²) in [5.41, 5.74) is 5.21. The van der Waals surface area contributed by atoms with Crippen LogP contribution < -0.4 is 21.7 Å². The number of aliphatic hydroxyl groups excluding tert-OH is 3. The van der Waals surface area contributed by atoms with Gasteiger partial charge in [-0.2, -0.15) is 0 Å². The van der Waals surface area contributed by atoms with Crippen LogP contribution in [-0.4, -0.2) is 106 Å². The molecule has 0 saturated heterocycles. The van der Waals surface area contributed by atoms with Crippen LogP contribution in [-0.2, 0) is 33.5 Å². The van der Waals surface area contributed by atoms with Crippen LogP contribution in [0.1, 0.15) is 33.6 Å². The number of primary amides is 1. The highest BCUT2D eigenvalue weighted by molar-refractivity contribution is 6.01. The molecule has 0 bridgehead atoms. The first-order valence-electron chi connectivity index (χ1n) is 11.1. The molecular weight excluding hydrogens is 484 g/mol. The highest BCUT2D eigenvalue weighted by Gasteiger charge is 2.40. The van der Waals surface area contributed by atoms with Gasteiger partial charge in [0.15, 0.2) is 0 Å². The average molecular weight is 521 g/mol. The van der Waals surface area contributed by atoms with Gasteiger partial charge in [0.05, 0.1) is 6.61 Å². The normalized spacial score (nSPS) is 16.1. The summed E-state index contributed by atoms with van der Waals surface area (Å²) >= 11 is 0. The molecule has 0 saturated carbocycles. The Morgan fingerprint density at radius 3 is 2.00 bits per heavy atom. The molecule has 0 radical (unpaired) electrons. The van der Waals surface area contributed by atoms with Gasteiger partial charge >= 0.3 is 5.97 Å². The van der Waals surface area contributed by atoms with Crippen molar-refractivity contribution in [3.63, 3.8) is 0 Å². The molecule has 0 aliphatic rings. The van der Waals surface area contributed by atoms with Crippen molar-refractivity contribution in [2.24, 2.45) is 17.6 Å². The number of nitrogens with two attached hydrogens (primary N) is 1. The number of hydrogen-bond donors (Lipinski definition) is 8. The highest BCUT2D eigenvalue weighted by Crippen LogP contribution is 2.17. The number of amides is 4. The molecule has 0 aromatic carbocycles. The predicted molar refractivity (Wildman–Crippen MR) is 122 cm³/mol. The summed E-state index contributed by atoms with van der Waals surface area (Å²) in [5.74, 6) is -7.68. The van der Waals surface area contributed by atoms with Crippen LogP contribution in [0.3, 0.4) is 0 Å². The molecule has 0 rings (SSSR count).